The molecule has 0 aliphatic carbocycles. The fourth-order valence-corrected chi connectivity index (χ4v) is 1.42. The minimum Gasteiger partial charge on any atom is -0.489 e. The Kier molecular flexibility index (Phi) is 5.67. The fraction of sp³-hybridized carbons (Fsp3) is 0.267. The van der Waals surface area contributed by atoms with Crippen molar-refractivity contribution in [2.75, 3.05) is 21.2 Å². The van der Waals surface area contributed by atoms with Crippen molar-refractivity contribution in [2.45, 2.75) is 6.61 Å². The molecular formula is C15H19NO3. The summed E-state index contributed by atoms with van der Waals surface area (Å²) in [5.41, 5.74) is 1.43. The molecule has 0 unspecified atom stereocenters. The van der Waals surface area contributed by atoms with Crippen LogP contribution in [0, 0.1) is 0 Å². The van der Waals surface area contributed by atoms with Gasteiger partial charge >= 0.3 is 5.97 Å². The Morgan fingerprint density at radius 1 is 1.32 bits per heavy atom. The first-order chi connectivity index (χ1) is 9.04. The second kappa shape index (κ2) is 7.26. The minimum atomic E-state index is -0.422. The van der Waals surface area contributed by atoms with Gasteiger partial charge in [-0.3, -0.25) is 0 Å². The first-order valence-electron chi connectivity index (χ1n) is 5.87. The number of esters is 1. The second-order valence-electron chi connectivity index (χ2n) is 4.16. The van der Waals surface area contributed by atoms with E-state index < -0.39 is 5.97 Å². The van der Waals surface area contributed by atoms with Crippen LogP contribution < -0.4 is 0 Å². The Morgan fingerprint density at radius 3 is 2.47 bits per heavy atom. The molecule has 0 heterocycles. The van der Waals surface area contributed by atoms with Gasteiger partial charge in [0.2, 0.25) is 0 Å². The molecule has 0 spiro atoms. The number of likely N-dealkylation sites (N-methyl/N-ethyl adjacent to an activating group) is 1. The maximum Gasteiger partial charge on any atom is 0.354 e. The molecule has 0 fully saturated rings. The lowest BCUT2D eigenvalue weighted by Gasteiger charge is -2.15. The molecule has 0 saturated carbocycles. The molecule has 0 amide bonds. The number of methoxy groups -OCH3 is 1. The van der Waals surface area contributed by atoms with Crippen LogP contribution in [-0.2, 0) is 20.9 Å². The van der Waals surface area contributed by atoms with Crippen LogP contribution >= 0.6 is 0 Å². The van der Waals surface area contributed by atoms with Crippen molar-refractivity contribution in [1.82, 2.24) is 4.90 Å². The zero-order chi connectivity index (χ0) is 14.3. The molecule has 0 atom stereocenters. The molecule has 19 heavy (non-hydrogen) atoms. The summed E-state index contributed by atoms with van der Waals surface area (Å²) in [6.07, 6.45) is 1.56. The quantitative estimate of drug-likeness (QED) is 0.341. The third-order valence-electron chi connectivity index (χ3n) is 2.44. The molecular weight excluding hydrogens is 242 g/mol. The Bertz CT molecular complexity index is 464. The number of hydrogen-bond acceptors (Lipinski definition) is 4. The molecule has 0 aromatic heterocycles. The van der Waals surface area contributed by atoms with E-state index in [0.717, 1.165) is 5.56 Å². The van der Waals surface area contributed by atoms with Crippen molar-refractivity contribution < 1.29 is 14.3 Å². The molecule has 0 radical (unpaired) electrons. The van der Waals surface area contributed by atoms with Crippen molar-refractivity contribution in [3.8, 4) is 0 Å². The van der Waals surface area contributed by atoms with Crippen LogP contribution in [0.15, 0.2) is 54.4 Å². The third-order valence-corrected chi connectivity index (χ3v) is 2.44. The predicted molar refractivity (Wildman–Crippen MR) is 74.2 cm³/mol. The van der Waals surface area contributed by atoms with Crippen molar-refractivity contribution in [1.29, 1.82) is 0 Å². The summed E-state index contributed by atoms with van der Waals surface area (Å²) in [5.74, 6) is -0.00702. The van der Waals surface area contributed by atoms with Gasteiger partial charge in [-0.2, -0.15) is 0 Å². The van der Waals surface area contributed by atoms with Gasteiger partial charge in [0.1, 0.15) is 18.1 Å². The van der Waals surface area contributed by atoms with E-state index in [9.17, 15) is 4.79 Å². The lowest BCUT2D eigenvalue weighted by molar-refractivity contribution is -0.137. The highest BCUT2D eigenvalue weighted by molar-refractivity contribution is 5.88. The molecule has 1 rings (SSSR count). The van der Waals surface area contributed by atoms with Crippen molar-refractivity contribution in [2.24, 2.45) is 0 Å². The fourth-order valence-electron chi connectivity index (χ4n) is 1.42. The van der Waals surface area contributed by atoms with Gasteiger partial charge in [-0.1, -0.05) is 36.9 Å². The van der Waals surface area contributed by atoms with Crippen LogP contribution in [0.2, 0.25) is 0 Å². The van der Waals surface area contributed by atoms with Gasteiger partial charge in [-0.05, 0) is 5.56 Å². The second-order valence-corrected chi connectivity index (χ2v) is 4.16. The summed E-state index contributed by atoms with van der Waals surface area (Å²) < 4.78 is 10.2. The number of rotatable bonds is 6. The lowest BCUT2D eigenvalue weighted by Crippen LogP contribution is -2.20. The highest BCUT2D eigenvalue weighted by Gasteiger charge is 2.12. The highest BCUT2D eigenvalue weighted by atomic mass is 16.5. The van der Waals surface area contributed by atoms with Gasteiger partial charge in [0.15, 0.2) is 0 Å². The Hall–Kier alpha value is -2.23. The molecule has 0 N–H and O–H groups in total. The number of carbonyl (C=O) groups is 1. The Labute approximate surface area is 113 Å². The van der Waals surface area contributed by atoms with E-state index in [1.165, 1.54) is 7.11 Å². The molecule has 4 heteroatoms. The number of ether oxygens (including phenoxy) is 2. The van der Waals surface area contributed by atoms with E-state index in [1.54, 1.807) is 25.1 Å². The van der Waals surface area contributed by atoms with Crippen LogP contribution in [0.1, 0.15) is 5.56 Å². The average Bonchev–Trinajstić information content (AvgIpc) is 2.42. The van der Waals surface area contributed by atoms with E-state index >= 15 is 0 Å². The molecule has 1 aromatic rings. The van der Waals surface area contributed by atoms with Gasteiger partial charge in [0.05, 0.1) is 7.11 Å². The van der Waals surface area contributed by atoms with Crippen LogP contribution in [0.5, 0.6) is 0 Å². The normalized spacial score (nSPS) is 10.8. The number of allylic oxidation sites excluding steroid dienone is 1. The molecule has 4 nitrogen and oxygen atoms in total. The number of benzene rings is 1. The SMILES string of the molecule is C=C(/C=C(/C(=O)OC)N(C)C)OCc1ccccc1. The summed E-state index contributed by atoms with van der Waals surface area (Å²) in [4.78, 5) is 13.2. The maximum absolute atomic E-state index is 11.5. The minimum absolute atomic E-state index is 0.389. The molecule has 102 valence electrons. The molecule has 0 saturated heterocycles. The Morgan fingerprint density at radius 2 is 1.95 bits per heavy atom. The standard InChI is InChI=1S/C15H19NO3/c1-12(10-14(16(2)3)15(17)18-4)19-11-13-8-6-5-7-9-13/h5-10H,1,11H2,2-4H3/b14-10-. The third kappa shape index (κ3) is 4.87. The molecule has 0 aliphatic rings. The number of hydrogen-bond donors (Lipinski definition) is 0. The largest absolute Gasteiger partial charge is 0.489 e. The Balaban J connectivity index is 2.64. The van der Waals surface area contributed by atoms with E-state index in [1.807, 2.05) is 30.3 Å². The monoisotopic (exact) mass is 261 g/mol. The van der Waals surface area contributed by atoms with Crippen molar-refractivity contribution >= 4 is 5.97 Å². The van der Waals surface area contributed by atoms with Crippen molar-refractivity contribution in [3.63, 3.8) is 0 Å². The van der Waals surface area contributed by atoms with Crippen LogP contribution in [0.4, 0.5) is 0 Å². The number of nitrogens with zero attached hydrogens (tertiary/aromatic N) is 1. The molecule has 0 aliphatic heterocycles. The van der Waals surface area contributed by atoms with Crippen LogP contribution in [0.3, 0.4) is 0 Å². The van der Waals surface area contributed by atoms with Gasteiger partial charge in [0, 0.05) is 20.2 Å². The molecule has 1 aromatic carbocycles. The summed E-state index contributed by atoms with van der Waals surface area (Å²) in [6, 6.07) is 9.75. The smallest absolute Gasteiger partial charge is 0.354 e. The summed E-state index contributed by atoms with van der Waals surface area (Å²) in [5, 5.41) is 0. The summed E-state index contributed by atoms with van der Waals surface area (Å²) in [6.45, 7) is 4.19. The van der Waals surface area contributed by atoms with E-state index in [0.29, 0.717) is 18.1 Å². The van der Waals surface area contributed by atoms with Gasteiger partial charge in [-0.15, -0.1) is 0 Å². The topological polar surface area (TPSA) is 38.8 Å². The number of carbonyl (C=O) groups excluding carboxylic acids is 1. The molecule has 0 bridgehead atoms. The van der Waals surface area contributed by atoms with Gasteiger partial charge in [0.25, 0.3) is 0 Å². The maximum atomic E-state index is 11.5. The average molecular weight is 261 g/mol. The van der Waals surface area contributed by atoms with Crippen LogP contribution in [-0.4, -0.2) is 32.1 Å². The zero-order valence-corrected chi connectivity index (χ0v) is 11.6. The summed E-state index contributed by atoms with van der Waals surface area (Å²) >= 11 is 0. The van der Waals surface area contributed by atoms with Gasteiger partial charge < -0.3 is 14.4 Å². The van der Waals surface area contributed by atoms with Gasteiger partial charge in [-0.25, -0.2) is 4.79 Å². The predicted octanol–water partition coefficient (Wildman–Crippen LogP) is 2.34. The zero-order valence-electron chi connectivity index (χ0n) is 11.6. The van der Waals surface area contributed by atoms with E-state index in [-0.39, 0.29) is 0 Å². The first kappa shape index (κ1) is 14.8. The van der Waals surface area contributed by atoms with Crippen LogP contribution in [0.25, 0.3) is 0 Å². The lowest BCUT2D eigenvalue weighted by atomic mass is 10.2. The first-order valence-corrected chi connectivity index (χ1v) is 5.87. The van der Waals surface area contributed by atoms with E-state index in [2.05, 4.69) is 6.58 Å². The highest BCUT2D eigenvalue weighted by Crippen LogP contribution is 2.10. The van der Waals surface area contributed by atoms with Crippen molar-refractivity contribution in [3.05, 3.63) is 60.0 Å². The van der Waals surface area contributed by atoms with E-state index in [4.69, 9.17) is 9.47 Å². The summed E-state index contributed by atoms with van der Waals surface area (Å²) in [7, 11) is 4.85.